The van der Waals surface area contributed by atoms with Crippen LogP contribution in [-0.2, 0) is 4.79 Å². The third-order valence-corrected chi connectivity index (χ3v) is 4.86. The summed E-state index contributed by atoms with van der Waals surface area (Å²) in [5.74, 6) is 0.445. The number of carbonyl (C=O) groups is 1. The van der Waals surface area contributed by atoms with Gasteiger partial charge in [0.2, 0.25) is 0 Å². The van der Waals surface area contributed by atoms with Crippen molar-refractivity contribution in [2.75, 3.05) is 0 Å². The van der Waals surface area contributed by atoms with Crippen molar-refractivity contribution in [1.29, 1.82) is 0 Å². The quantitative estimate of drug-likeness (QED) is 0.724. The van der Waals surface area contributed by atoms with E-state index in [0.29, 0.717) is 5.92 Å². The largest absolute Gasteiger partial charge is 0.303 e. The van der Waals surface area contributed by atoms with Gasteiger partial charge in [0.1, 0.15) is 12.1 Å². The molecule has 2 heteroatoms. The second kappa shape index (κ2) is 5.90. The number of hydrogen-bond donors (Lipinski definition) is 0. The van der Waals surface area contributed by atoms with Crippen LogP contribution in [0.3, 0.4) is 0 Å². The van der Waals surface area contributed by atoms with E-state index in [0.717, 1.165) is 24.7 Å². The van der Waals surface area contributed by atoms with Crippen LogP contribution >= 0.6 is 0 Å². The van der Waals surface area contributed by atoms with Crippen LogP contribution in [-0.4, -0.2) is 6.29 Å². The van der Waals surface area contributed by atoms with E-state index in [2.05, 4.69) is 0 Å². The van der Waals surface area contributed by atoms with Gasteiger partial charge in [0.15, 0.2) is 0 Å². The van der Waals surface area contributed by atoms with Crippen LogP contribution in [0.25, 0.3) is 5.57 Å². The molecule has 0 aliphatic heterocycles. The first-order valence-electron chi connectivity index (χ1n) is 7.74. The summed E-state index contributed by atoms with van der Waals surface area (Å²) in [7, 11) is 0. The molecule has 1 aromatic rings. The fraction of sp³-hybridized carbons (Fsp3) is 0.500. The minimum atomic E-state index is -0.214. The lowest BCUT2D eigenvalue weighted by molar-refractivity contribution is -0.109. The molecule has 0 saturated heterocycles. The maximum atomic E-state index is 13.1. The molecule has 0 N–H and O–H groups in total. The zero-order valence-electron chi connectivity index (χ0n) is 11.8. The van der Waals surface area contributed by atoms with Gasteiger partial charge in [-0.25, -0.2) is 4.39 Å². The molecule has 1 nitrogen and oxygen atoms in total. The van der Waals surface area contributed by atoms with Crippen molar-refractivity contribution in [2.24, 2.45) is 11.8 Å². The minimum Gasteiger partial charge on any atom is -0.303 e. The molecule has 0 aromatic heterocycles. The van der Waals surface area contributed by atoms with E-state index < -0.39 is 0 Å². The minimum absolute atomic E-state index is 0.0115. The Labute approximate surface area is 119 Å². The van der Waals surface area contributed by atoms with E-state index in [-0.39, 0.29) is 11.7 Å². The molecule has 1 fully saturated rings. The first-order chi connectivity index (χ1) is 9.79. The number of aldehydes is 1. The normalized spacial score (nSPS) is 24.1. The van der Waals surface area contributed by atoms with Gasteiger partial charge < -0.3 is 4.79 Å². The molecular formula is C18H21FO. The van der Waals surface area contributed by atoms with Crippen LogP contribution < -0.4 is 0 Å². The van der Waals surface area contributed by atoms with E-state index in [1.54, 1.807) is 0 Å². The number of hydrogen-bond acceptors (Lipinski definition) is 1. The first kappa shape index (κ1) is 13.5. The fourth-order valence-corrected chi connectivity index (χ4v) is 3.87. The number of benzene rings is 1. The fourth-order valence-electron chi connectivity index (χ4n) is 3.87. The summed E-state index contributed by atoms with van der Waals surface area (Å²) in [6, 6.07) is 6.66. The second-order valence-electron chi connectivity index (χ2n) is 6.06. The molecule has 0 heterocycles. The SMILES string of the molecule is O=CC1CCC(C2CCCCC2)=C1c1ccc(F)cc1. The summed E-state index contributed by atoms with van der Waals surface area (Å²) in [6.45, 7) is 0. The van der Waals surface area contributed by atoms with Crippen molar-refractivity contribution in [1.82, 2.24) is 0 Å². The Morgan fingerprint density at radius 1 is 1.00 bits per heavy atom. The van der Waals surface area contributed by atoms with Gasteiger partial charge in [-0.2, -0.15) is 0 Å². The van der Waals surface area contributed by atoms with Crippen molar-refractivity contribution in [2.45, 2.75) is 44.9 Å². The van der Waals surface area contributed by atoms with Gasteiger partial charge in [-0.3, -0.25) is 0 Å². The van der Waals surface area contributed by atoms with Gasteiger partial charge in [0.05, 0.1) is 0 Å². The smallest absolute Gasteiger partial charge is 0.127 e. The zero-order chi connectivity index (χ0) is 13.9. The third-order valence-electron chi connectivity index (χ3n) is 4.86. The van der Waals surface area contributed by atoms with Crippen LogP contribution in [0.15, 0.2) is 29.8 Å². The Kier molecular flexibility index (Phi) is 4.00. The highest BCUT2D eigenvalue weighted by molar-refractivity contribution is 5.84. The Bertz CT molecular complexity index is 509. The van der Waals surface area contributed by atoms with E-state index >= 15 is 0 Å². The second-order valence-corrected chi connectivity index (χ2v) is 6.06. The highest BCUT2D eigenvalue weighted by Crippen LogP contribution is 2.45. The van der Waals surface area contributed by atoms with Crippen LogP contribution in [0, 0.1) is 17.7 Å². The summed E-state index contributed by atoms with van der Waals surface area (Å²) in [6.07, 6.45) is 9.51. The number of halogens is 1. The Morgan fingerprint density at radius 2 is 1.70 bits per heavy atom. The molecule has 1 atom stereocenters. The zero-order valence-corrected chi connectivity index (χ0v) is 11.8. The number of rotatable bonds is 3. The average Bonchev–Trinajstić information content (AvgIpc) is 2.93. The van der Waals surface area contributed by atoms with Gasteiger partial charge in [-0.05, 0) is 54.9 Å². The average molecular weight is 272 g/mol. The van der Waals surface area contributed by atoms with Gasteiger partial charge in [0, 0.05) is 5.92 Å². The summed E-state index contributed by atoms with van der Waals surface area (Å²) >= 11 is 0. The van der Waals surface area contributed by atoms with Crippen LogP contribution in [0.2, 0.25) is 0 Å². The van der Waals surface area contributed by atoms with Gasteiger partial charge in [-0.1, -0.05) is 37.0 Å². The van der Waals surface area contributed by atoms with E-state index in [1.807, 2.05) is 12.1 Å². The van der Waals surface area contributed by atoms with Gasteiger partial charge in [0.25, 0.3) is 0 Å². The van der Waals surface area contributed by atoms with Crippen LogP contribution in [0.1, 0.15) is 50.5 Å². The lowest BCUT2D eigenvalue weighted by Crippen LogP contribution is -2.10. The van der Waals surface area contributed by atoms with Crippen molar-refractivity contribution in [3.05, 3.63) is 41.2 Å². The molecule has 0 bridgehead atoms. The van der Waals surface area contributed by atoms with Gasteiger partial charge >= 0.3 is 0 Å². The summed E-state index contributed by atoms with van der Waals surface area (Å²) < 4.78 is 13.1. The Hall–Kier alpha value is -1.44. The van der Waals surface area contributed by atoms with E-state index in [9.17, 15) is 9.18 Å². The maximum absolute atomic E-state index is 13.1. The summed E-state index contributed by atoms with van der Waals surface area (Å²) in [5.41, 5.74) is 3.72. The molecule has 2 aliphatic rings. The van der Waals surface area contributed by atoms with Crippen molar-refractivity contribution < 1.29 is 9.18 Å². The van der Waals surface area contributed by atoms with Crippen LogP contribution in [0.4, 0.5) is 4.39 Å². The summed E-state index contributed by atoms with van der Waals surface area (Å²) in [4.78, 5) is 11.4. The highest BCUT2D eigenvalue weighted by atomic mass is 19.1. The maximum Gasteiger partial charge on any atom is 0.127 e. The molecule has 106 valence electrons. The topological polar surface area (TPSA) is 17.1 Å². The molecule has 0 spiro atoms. The van der Waals surface area contributed by atoms with Gasteiger partial charge in [-0.15, -0.1) is 0 Å². The molecule has 1 unspecified atom stereocenters. The first-order valence-corrected chi connectivity index (χ1v) is 7.74. The number of allylic oxidation sites excluding steroid dienone is 2. The van der Waals surface area contributed by atoms with E-state index in [4.69, 9.17) is 0 Å². The summed E-state index contributed by atoms with van der Waals surface area (Å²) in [5, 5.41) is 0. The standard InChI is InChI=1S/C18H21FO/c19-16-9-6-14(7-10-16)18-15(12-20)8-11-17(18)13-4-2-1-3-5-13/h6-7,9-10,12-13,15H,1-5,8,11H2. The van der Waals surface area contributed by atoms with E-state index in [1.165, 1.54) is 55.4 Å². The molecule has 1 aromatic carbocycles. The Balaban J connectivity index is 1.98. The molecule has 3 rings (SSSR count). The molecule has 2 aliphatic carbocycles. The van der Waals surface area contributed by atoms with Crippen molar-refractivity contribution >= 4 is 11.9 Å². The third kappa shape index (κ3) is 2.56. The predicted octanol–water partition coefficient (Wildman–Crippen LogP) is 4.77. The van der Waals surface area contributed by atoms with Crippen molar-refractivity contribution in [3.63, 3.8) is 0 Å². The molecule has 0 amide bonds. The van der Waals surface area contributed by atoms with Crippen LogP contribution in [0.5, 0.6) is 0 Å². The highest BCUT2D eigenvalue weighted by Gasteiger charge is 2.31. The lowest BCUT2D eigenvalue weighted by atomic mass is 9.81. The Morgan fingerprint density at radius 3 is 2.35 bits per heavy atom. The lowest BCUT2D eigenvalue weighted by Gasteiger charge is -2.25. The predicted molar refractivity (Wildman–Crippen MR) is 78.7 cm³/mol. The molecular weight excluding hydrogens is 251 g/mol. The monoisotopic (exact) mass is 272 g/mol. The molecule has 0 radical (unpaired) electrons. The molecule has 20 heavy (non-hydrogen) atoms. The number of carbonyl (C=O) groups excluding carboxylic acids is 1. The molecule has 1 saturated carbocycles. The van der Waals surface area contributed by atoms with Crippen molar-refractivity contribution in [3.8, 4) is 0 Å².